The van der Waals surface area contributed by atoms with Crippen molar-refractivity contribution >= 4 is 34.4 Å². The standard InChI is InChI=1S/C29H38ClN7O/c1-20-19-36(27(38)12-7-13-35(2)3)14-15-37(20)22-9-6-8-21(16-22)33-29-32-18-25(30)28(34-29)24-17-31-26-11-5-4-10-23(24)26/h4-5,7,10-12,17-18,20-22,31H,6,8-9,13-16,19H2,1-3H3,(H,32,33,34)/b12-7+/t20-,21-,22-/m1/s1. The van der Waals surface area contributed by atoms with Crippen molar-refractivity contribution in [3.05, 3.63) is 53.8 Å². The molecule has 1 saturated heterocycles. The van der Waals surface area contributed by atoms with E-state index in [1.807, 2.05) is 49.5 Å². The molecule has 1 saturated carbocycles. The van der Waals surface area contributed by atoms with E-state index < -0.39 is 0 Å². The van der Waals surface area contributed by atoms with Crippen LogP contribution >= 0.6 is 11.6 Å². The van der Waals surface area contributed by atoms with Gasteiger partial charge in [-0.3, -0.25) is 9.69 Å². The molecule has 1 aliphatic heterocycles. The molecule has 38 heavy (non-hydrogen) atoms. The van der Waals surface area contributed by atoms with E-state index in [0.29, 0.717) is 29.1 Å². The lowest BCUT2D eigenvalue weighted by Crippen LogP contribution is -2.57. The smallest absolute Gasteiger partial charge is 0.246 e. The van der Waals surface area contributed by atoms with Crippen LogP contribution in [0.25, 0.3) is 22.2 Å². The predicted octanol–water partition coefficient (Wildman–Crippen LogP) is 4.65. The zero-order valence-corrected chi connectivity index (χ0v) is 23.3. The van der Waals surface area contributed by atoms with Gasteiger partial charge in [-0.15, -0.1) is 0 Å². The number of piperazine rings is 1. The Morgan fingerprint density at radius 1 is 1.26 bits per heavy atom. The van der Waals surface area contributed by atoms with Crippen LogP contribution in [0.5, 0.6) is 0 Å². The number of H-pyrrole nitrogens is 1. The number of anilines is 1. The lowest BCUT2D eigenvalue weighted by Gasteiger charge is -2.46. The first-order chi connectivity index (χ1) is 18.4. The van der Waals surface area contributed by atoms with E-state index in [-0.39, 0.29) is 5.91 Å². The number of aromatic nitrogens is 3. The molecule has 1 amide bonds. The first-order valence-corrected chi connectivity index (χ1v) is 14.0. The van der Waals surface area contributed by atoms with Gasteiger partial charge in [0.2, 0.25) is 11.9 Å². The Balaban J connectivity index is 1.21. The van der Waals surface area contributed by atoms with Gasteiger partial charge in [-0.25, -0.2) is 9.97 Å². The maximum Gasteiger partial charge on any atom is 0.246 e. The first kappa shape index (κ1) is 26.7. The van der Waals surface area contributed by atoms with E-state index in [0.717, 1.165) is 67.6 Å². The number of hydrogen-bond donors (Lipinski definition) is 2. The summed E-state index contributed by atoms with van der Waals surface area (Å²) in [5, 5.41) is 5.24. The number of rotatable bonds is 7. The third kappa shape index (κ3) is 6.03. The van der Waals surface area contributed by atoms with E-state index in [9.17, 15) is 4.79 Å². The molecule has 2 aromatic heterocycles. The summed E-state index contributed by atoms with van der Waals surface area (Å²) in [4.78, 5) is 31.9. The van der Waals surface area contributed by atoms with Gasteiger partial charge in [0, 0.05) is 73.0 Å². The van der Waals surface area contributed by atoms with Gasteiger partial charge in [0.1, 0.15) is 0 Å². The highest BCUT2D eigenvalue weighted by molar-refractivity contribution is 6.33. The molecule has 2 fully saturated rings. The van der Waals surface area contributed by atoms with Gasteiger partial charge in [-0.05, 0) is 52.8 Å². The molecule has 3 atom stereocenters. The zero-order chi connectivity index (χ0) is 26.6. The van der Waals surface area contributed by atoms with E-state index in [1.54, 1.807) is 12.3 Å². The Kier molecular flexibility index (Phi) is 8.31. The van der Waals surface area contributed by atoms with Gasteiger partial charge in [0.15, 0.2) is 0 Å². The molecular formula is C29H38ClN7O. The average Bonchev–Trinajstić information content (AvgIpc) is 3.33. The van der Waals surface area contributed by atoms with Crippen LogP contribution in [0.2, 0.25) is 5.02 Å². The molecule has 1 aliphatic carbocycles. The fourth-order valence-corrected chi connectivity index (χ4v) is 6.05. The van der Waals surface area contributed by atoms with Gasteiger partial charge in [-0.2, -0.15) is 0 Å². The molecule has 2 aliphatic rings. The minimum atomic E-state index is 0.118. The predicted molar refractivity (Wildman–Crippen MR) is 154 cm³/mol. The molecule has 9 heteroatoms. The largest absolute Gasteiger partial charge is 0.360 e. The molecule has 8 nitrogen and oxygen atoms in total. The number of likely N-dealkylation sites (N-methyl/N-ethyl adjacent to an activating group) is 1. The first-order valence-electron chi connectivity index (χ1n) is 13.6. The number of aromatic amines is 1. The quantitative estimate of drug-likeness (QED) is 0.429. The Morgan fingerprint density at radius 2 is 2.11 bits per heavy atom. The van der Waals surface area contributed by atoms with Crippen LogP contribution in [0.4, 0.5) is 5.95 Å². The van der Waals surface area contributed by atoms with Gasteiger partial charge < -0.3 is 20.1 Å². The highest BCUT2D eigenvalue weighted by Crippen LogP contribution is 2.33. The summed E-state index contributed by atoms with van der Waals surface area (Å²) in [5.74, 6) is 0.737. The van der Waals surface area contributed by atoms with E-state index in [4.69, 9.17) is 16.6 Å². The Labute approximate surface area is 230 Å². The molecule has 0 radical (unpaired) electrons. The number of carbonyl (C=O) groups excluding carboxylic acids is 1. The van der Waals surface area contributed by atoms with Crippen LogP contribution in [0.1, 0.15) is 32.6 Å². The van der Waals surface area contributed by atoms with Gasteiger partial charge in [0.25, 0.3) is 0 Å². The van der Waals surface area contributed by atoms with Gasteiger partial charge >= 0.3 is 0 Å². The Morgan fingerprint density at radius 3 is 2.92 bits per heavy atom. The van der Waals surface area contributed by atoms with Crippen LogP contribution in [0.3, 0.4) is 0 Å². The number of para-hydroxylation sites is 1. The van der Waals surface area contributed by atoms with Crippen LogP contribution < -0.4 is 5.32 Å². The number of benzene rings is 1. The van der Waals surface area contributed by atoms with Crippen molar-refractivity contribution < 1.29 is 4.79 Å². The van der Waals surface area contributed by atoms with Crippen molar-refractivity contribution in [1.29, 1.82) is 0 Å². The highest BCUT2D eigenvalue weighted by atomic mass is 35.5. The monoisotopic (exact) mass is 535 g/mol. The number of amides is 1. The van der Waals surface area contributed by atoms with Crippen LogP contribution in [-0.4, -0.2) is 94.0 Å². The maximum atomic E-state index is 12.6. The summed E-state index contributed by atoms with van der Waals surface area (Å²) in [6.07, 6.45) is 11.8. The summed E-state index contributed by atoms with van der Waals surface area (Å²) in [7, 11) is 4.01. The van der Waals surface area contributed by atoms with Crippen LogP contribution in [0.15, 0.2) is 48.8 Å². The molecule has 1 aromatic carbocycles. The van der Waals surface area contributed by atoms with E-state index in [2.05, 4.69) is 38.1 Å². The highest BCUT2D eigenvalue weighted by Gasteiger charge is 2.34. The normalized spacial score (nSPS) is 23.0. The second kappa shape index (κ2) is 11.8. The van der Waals surface area contributed by atoms with Crippen molar-refractivity contribution in [2.24, 2.45) is 0 Å². The van der Waals surface area contributed by atoms with E-state index >= 15 is 0 Å². The minimum absolute atomic E-state index is 0.118. The van der Waals surface area contributed by atoms with Crippen LogP contribution in [0, 0.1) is 0 Å². The Hall–Kier alpha value is -2.94. The second-order valence-corrected chi connectivity index (χ2v) is 11.2. The molecule has 0 bridgehead atoms. The van der Waals surface area contributed by atoms with E-state index in [1.165, 1.54) is 6.42 Å². The maximum absolute atomic E-state index is 12.6. The van der Waals surface area contributed by atoms with Crippen molar-refractivity contribution in [1.82, 2.24) is 29.7 Å². The third-order valence-corrected chi connectivity index (χ3v) is 8.04. The van der Waals surface area contributed by atoms with Crippen molar-refractivity contribution in [2.45, 2.75) is 50.7 Å². The molecule has 202 valence electrons. The number of halogens is 1. The molecule has 0 unspecified atom stereocenters. The van der Waals surface area contributed by atoms with Crippen molar-refractivity contribution in [3.8, 4) is 11.3 Å². The fraction of sp³-hybridized carbons (Fsp3) is 0.483. The lowest BCUT2D eigenvalue weighted by molar-refractivity contribution is -0.129. The summed E-state index contributed by atoms with van der Waals surface area (Å²) in [6, 6.07) is 9.28. The lowest BCUT2D eigenvalue weighted by atomic mass is 9.88. The molecule has 3 heterocycles. The summed E-state index contributed by atoms with van der Waals surface area (Å²) in [6.45, 7) is 5.48. The minimum Gasteiger partial charge on any atom is -0.360 e. The molecule has 5 rings (SSSR count). The summed E-state index contributed by atoms with van der Waals surface area (Å²) >= 11 is 6.54. The van der Waals surface area contributed by atoms with Gasteiger partial charge in [0.05, 0.1) is 16.9 Å². The molecule has 2 N–H and O–H groups in total. The number of nitrogens with one attached hydrogen (secondary N) is 2. The average molecular weight is 536 g/mol. The van der Waals surface area contributed by atoms with Crippen LogP contribution in [-0.2, 0) is 4.79 Å². The number of nitrogens with zero attached hydrogens (tertiary/aromatic N) is 5. The zero-order valence-electron chi connectivity index (χ0n) is 22.5. The fourth-order valence-electron chi connectivity index (χ4n) is 5.86. The topological polar surface area (TPSA) is 80.4 Å². The number of carbonyl (C=O) groups is 1. The van der Waals surface area contributed by atoms with Crippen molar-refractivity contribution in [3.63, 3.8) is 0 Å². The number of hydrogen-bond acceptors (Lipinski definition) is 6. The molecule has 0 spiro atoms. The molecular weight excluding hydrogens is 498 g/mol. The second-order valence-electron chi connectivity index (χ2n) is 10.8. The van der Waals surface area contributed by atoms with Crippen molar-refractivity contribution in [2.75, 3.05) is 45.6 Å². The number of fused-ring (bicyclic) bond motifs is 1. The Bertz CT molecular complexity index is 1290. The SMILES string of the molecule is C[C@@H]1CN(C(=O)/C=C/CN(C)C)CCN1[C@@H]1CCC[C@@H](Nc2ncc(Cl)c(-c3c[nH]c4ccccc34)n2)C1. The molecule has 3 aromatic rings. The summed E-state index contributed by atoms with van der Waals surface area (Å²) < 4.78 is 0. The summed E-state index contributed by atoms with van der Waals surface area (Å²) in [5.41, 5.74) is 2.78. The third-order valence-electron chi connectivity index (χ3n) is 7.76. The van der Waals surface area contributed by atoms with Gasteiger partial charge in [-0.1, -0.05) is 35.9 Å².